The summed E-state index contributed by atoms with van der Waals surface area (Å²) in [6.07, 6.45) is 2.53. The lowest BCUT2D eigenvalue weighted by Crippen LogP contribution is -2.14. The van der Waals surface area contributed by atoms with E-state index in [9.17, 15) is 13.6 Å². The standard InChI is InChI=1S/C21H20F2N6O3/c1-21(22,23)16-8-7-15(32-16)11-29-25-10-17(27-29)26-20(30)18-19(31-12-24-18)13-5-4-6-14(9-13)28(2)3/h4-10,12H,11H2,1-3H3,(H,26,27,30). The van der Waals surface area contributed by atoms with Crippen LogP contribution in [0.3, 0.4) is 0 Å². The Bertz CT molecular complexity index is 1240. The summed E-state index contributed by atoms with van der Waals surface area (Å²) in [4.78, 5) is 19.9. The minimum absolute atomic E-state index is 0.0263. The van der Waals surface area contributed by atoms with Gasteiger partial charge in [0.1, 0.15) is 12.3 Å². The number of alkyl halides is 2. The van der Waals surface area contributed by atoms with Gasteiger partial charge in [0.15, 0.2) is 29.4 Å². The van der Waals surface area contributed by atoms with E-state index in [0.29, 0.717) is 11.3 Å². The summed E-state index contributed by atoms with van der Waals surface area (Å²) in [5.74, 6) is -3.29. The zero-order valence-corrected chi connectivity index (χ0v) is 17.5. The van der Waals surface area contributed by atoms with Gasteiger partial charge in [0.2, 0.25) is 0 Å². The highest BCUT2D eigenvalue weighted by molar-refractivity contribution is 6.05. The summed E-state index contributed by atoms with van der Waals surface area (Å²) in [5, 5.41) is 10.8. The minimum atomic E-state index is -3.07. The number of furan rings is 1. The number of hydrogen-bond donors (Lipinski definition) is 1. The highest BCUT2D eigenvalue weighted by Gasteiger charge is 2.28. The van der Waals surface area contributed by atoms with Gasteiger partial charge >= 0.3 is 5.92 Å². The Morgan fingerprint density at radius 2 is 2.06 bits per heavy atom. The average Bonchev–Trinajstić information content (AvgIpc) is 3.48. The Morgan fingerprint density at radius 1 is 1.25 bits per heavy atom. The number of oxazole rings is 1. The first-order chi connectivity index (χ1) is 15.2. The molecule has 4 aromatic rings. The first kappa shape index (κ1) is 21.2. The van der Waals surface area contributed by atoms with Crippen LogP contribution >= 0.6 is 0 Å². The third-order valence-electron chi connectivity index (χ3n) is 4.58. The summed E-state index contributed by atoms with van der Waals surface area (Å²) >= 11 is 0. The largest absolute Gasteiger partial charge is 0.458 e. The number of halogens is 2. The predicted molar refractivity (Wildman–Crippen MR) is 112 cm³/mol. The molecule has 0 bridgehead atoms. The number of nitrogens with zero attached hydrogens (tertiary/aromatic N) is 5. The highest BCUT2D eigenvalue weighted by atomic mass is 19.3. The smallest absolute Gasteiger partial charge is 0.301 e. The van der Waals surface area contributed by atoms with Gasteiger partial charge in [0.05, 0.1) is 6.20 Å². The number of benzene rings is 1. The molecule has 0 unspecified atom stereocenters. The van der Waals surface area contributed by atoms with Crippen molar-refractivity contribution in [1.82, 2.24) is 20.0 Å². The monoisotopic (exact) mass is 442 g/mol. The Labute approximate surface area is 181 Å². The van der Waals surface area contributed by atoms with Gasteiger partial charge in [-0.25, -0.2) is 4.98 Å². The van der Waals surface area contributed by atoms with Crippen LogP contribution < -0.4 is 10.2 Å². The molecular formula is C21H20F2N6O3. The van der Waals surface area contributed by atoms with Crippen LogP contribution in [-0.4, -0.2) is 40.0 Å². The van der Waals surface area contributed by atoms with Crippen molar-refractivity contribution in [3.05, 3.63) is 66.2 Å². The summed E-state index contributed by atoms with van der Waals surface area (Å²) in [5.41, 5.74) is 1.73. The van der Waals surface area contributed by atoms with E-state index in [1.54, 1.807) is 0 Å². The highest BCUT2D eigenvalue weighted by Crippen LogP contribution is 2.29. The second-order valence-corrected chi connectivity index (χ2v) is 7.34. The fourth-order valence-corrected chi connectivity index (χ4v) is 2.98. The molecule has 0 aliphatic rings. The number of carbonyl (C=O) groups is 1. The number of amides is 1. The quantitative estimate of drug-likeness (QED) is 0.461. The van der Waals surface area contributed by atoms with E-state index < -0.39 is 17.6 Å². The van der Waals surface area contributed by atoms with E-state index in [2.05, 4.69) is 20.5 Å². The molecule has 0 saturated carbocycles. The van der Waals surface area contributed by atoms with Crippen molar-refractivity contribution in [2.24, 2.45) is 0 Å². The van der Waals surface area contributed by atoms with E-state index >= 15 is 0 Å². The van der Waals surface area contributed by atoms with Gasteiger partial charge < -0.3 is 19.1 Å². The molecule has 1 amide bonds. The second kappa shape index (κ2) is 8.25. The Kier molecular flexibility index (Phi) is 5.47. The molecule has 3 aromatic heterocycles. The molecule has 0 atom stereocenters. The van der Waals surface area contributed by atoms with Gasteiger partial charge in [0.25, 0.3) is 5.91 Å². The molecular weight excluding hydrogens is 422 g/mol. The van der Waals surface area contributed by atoms with Crippen LogP contribution in [0, 0.1) is 0 Å². The number of carbonyl (C=O) groups excluding carboxylic acids is 1. The zero-order valence-electron chi connectivity index (χ0n) is 17.5. The molecule has 4 rings (SSSR count). The number of aromatic nitrogens is 4. The van der Waals surface area contributed by atoms with Crippen molar-refractivity contribution in [3.8, 4) is 11.3 Å². The van der Waals surface area contributed by atoms with Gasteiger partial charge in [-0.3, -0.25) is 4.79 Å². The SMILES string of the molecule is CN(C)c1cccc(-c2ocnc2C(=O)Nc2cnn(Cc3ccc(C(C)(F)F)o3)n2)c1. The van der Waals surface area contributed by atoms with Crippen molar-refractivity contribution in [2.75, 3.05) is 24.3 Å². The molecule has 0 radical (unpaired) electrons. The van der Waals surface area contributed by atoms with Crippen LogP contribution in [0.5, 0.6) is 0 Å². The van der Waals surface area contributed by atoms with Gasteiger partial charge in [0, 0.05) is 32.3 Å². The molecule has 166 valence electrons. The van der Waals surface area contributed by atoms with Gasteiger partial charge in [-0.1, -0.05) is 12.1 Å². The maximum Gasteiger partial charge on any atom is 0.301 e. The predicted octanol–water partition coefficient (Wildman–Crippen LogP) is 4.00. The molecule has 32 heavy (non-hydrogen) atoms. The molecule has 0 spiro atoms. The van der Waals surface area contributed by atoms with Gasteiger partial charge in [-0.2, -0.15) is 18.7 Å². The normalized spacial score (nSPS) is 11.5. The number of rotatable bonds is 7. The fourth-order valence-electron chi connectivity index (χ4n) is 2.98. The van der Waals surface area contributed by atoms with E-state index in [0.717, 1.165) is 12.6 Å². The summed E-state index contributed by atoms with van der Waals surface area (Å²) in [7, 11) is 3.82. The summed E-state index contributed by atoms with van der Waals surface area (Å²) in [6.45, 7) is 0.781. The summed E-state index contributed by atoms with van der Waals surface area (Å²) < 4.78 is 37.2. The van der Waals surface area contributed by atoms with E-state index in [4.69, 9.17) is 8.83 Å². The van der Waals surface area contributed by atoms with Crippen molar-refractivity contribution >= 4 is 17.4 Å². The average molecular weight is 442 g/mol. The fraction of sp³-hybridized carbons (Fsp3) is 0.238. The van der Waals surface area contributed by atoms with Gasteiger partial charge in [-0.15, -0.1) is 5.10 Å². The third kappa shape index (κ3) is 4.51. The number of nitrogens with one attached hydrogen (secondary N) is 1. The lowest BCUT2D eigenvalue weighted by molar-refractivity contribution is -0.00641. The molecule has 0 aliphatic heterocycles. The Balaban J connectivity index is 1.47. The van der Waals surface area contributed by atoms with Crippen LogP contribution in [-0.2, 0) is 12.5 Å². The topological polar surface area (TPSA) is 102 Å². The maximum atomic E-state index is 13.3. The van der Waals surface area contributed by atoms with E-state index in [-0.39, 0.29) is 23.8 Å². The van der Waals surface area contributed by atoms with Crippen LogP contribution in [0.2, 0.25) is 0 Å². The second-order valence-electron chi connectivity index (χ2n) is 7.34. The lowest BCUT2D eigenvalue weighted by Gasteiger charge is -2.13. The van der Waals surface area contributed by atoms with E-state index in [1.165, 1.54) is 29.5 Å². The molecule has 1 aromatic carbocycles. The van der Waals surface area contributed by atoms with Crippen LogP contribution in [0.1, 0.15) is 28.9 Å². The van der Waals surface area contributed by atoms with Crippen LogP contribution in [0.15, 0.2) is 57.8 Å². The molecule has 0 fully saturated rings. The first-order valence-electron chi connectivity index (χ1n) is 9.60. The van der Waals surface area contributed by atoms with Crippen molar-refractivity contribution in [2.45, 2.75) is 19.4 Å². The molecule has 1 N–H and O–H groups in total. The molecule has 0 saturated heterocycles. The van der Waals surface area contributed by atoms with Crippen LogP contribution in [0.4, 0.5) is 20.3 Å². The Morgan fingerprint density at radius 3 is 2.78 bits per heavy atom. The minimum Gasteiger partial charge on any atom is -0.458 e. The summed E-state index contributed by atoms with van der Waals surface area (Å²) in [6, 6.07) is 10.1. The molecule has 9 nitrogen and oxygen atoms in total. The first-order valence-corrected chi connectivity index (χ1v) is 9.60. The molecule has 11 heteroatoms. The van der Waals surface area contributed by atoms with Crippen molar-refractivity contribution < 1.29 is 22.4 Å². The van der Waals surface area contributed by atoms with Crippen molar-refractivity contribution in [1.29, 1.82) is 0 Å². The maximum absolute atomic E-state index is 13.3. The van der Waals surface area contributed by atoms with Crippen molar-refractivity contribution in [3.63, 3.8) is 0 Å². The lowest BCUT2D eigenvalue weighted by atomic mass is 10.1. The molecule has 0 aliphatic carbocycles. The third-order valence-corrected chi connectivity index (χ3v) is 4.58. The zero-order chi connectivity index (χ0) is 22.9. The number of anilines is 2. The number of hydrogen-bond acceptors (Lipinski definition) is 7. The van der Waals surface area contributed by atoms with Crippen LogP contribution in [0.25, 0.3) is 11.3 Å². The van der Waals surface area contributed by atoms with E-state index in [1.807, 2.05) is 43.3 Å². The molecule has 3 heterocycles. The van der Waals surface area contributed by atoms with Gasteiger partial charge in [-0.05, 0) is 24.3 Å². The Hall–Kier alpha value is -4.02.